The quantitative estimate of drug-likeness (QED) is 0.863. The summed E-state index contributed by atoms with van der Waals surface area (Å²) >= 11 is 0. The second-order valence-electron chi connectivity index (χ2n) is 5.81. The van der Waals surface area contributed by atoms with E-state index in [1.165, 1.54) is 4.90 Å². The van der Waals surface area contributed by atoms with E-state index in [1.807, 2.05) is 31.2 Å². The van der Waals surface area contributed by atoms with Crippen LogP contribution in [0.15, 0.2) is 40.8 Å². The fraction of sp³-hybridized carbons (Fsp3) is 0.333. The molecule has 126 valence electrons. The van der Waals surface area contributed by atoms with Crippen molar-refractivity contribution in [1.29, 1.82) is 0 Å². The summed E-state index contributed by atoms with van der Waals surface area (Å²) in [7, 11) is 1.56. The van der Waals surface area contributed by atoms with Gasteiger partial charge in [-0.2, -0.15) is 0 Å². The Morgan fingerprint density at radius 2 is 1.92 bits per heavy atom. The highest BCUT2D eigenvalue weighted by atomic mass is 16.5. The van der Waals surface area contributed by atoms with Crippen LogP contribution in [0.1, 0.15) is 21.9 Å². The second kappa shape index (κ2) is 6.88. The molecule has 0 radical (unpaired) electrons. The first-order valence-electron chi connectivity index (χ1n) is 7.82. The van der Waals surface area contributed by atoms with Gasteiger partial charge in [-0.15, -0.1) is 0 Å². The van der Waals surface area contributed by atoms with Gasteiger partial charge in [-0.05, 0) is 31.2 Å². The normalized spacial score (nSPS) is 15.0. The topological polar surface area (TPSA) is 63.0 Å². The van der Waals surface area contributed by atoms with Gasteiger partial charge in [0.05, 0.1) is 0 Å². The van der Waals surface area contributed by atoms with Crippen LogP contribution < -0.4 is 4.90 Å². The van der Waals surface area contributed by atoms with Gasteiger partial charge < -0.3 is 19.0 Å². The van der Waals surface area contributed by atoms with Crippen LogP contribution in [0.4, 0.5) is 5.69 Å². The molecule has 6 heteroatoms. The van der Waals surface area contributed by atoms with Crippen LogP contribution in [-0.4, -0.2) is 43.5 Å². The molecule has 0 aliphatic carbocycles. The SMILES string of the molecule is COCc1ccc(C(=O)N2CCN(c3ccc(C)cc3)C(=O)C2)o1. The van der Waals surface area contributed by atoms with Gasteiger partial charge in [-0.1, -0.05) is 17.7 Å². The van der Waals surface area contributed by atoms with Gasteiger partial charge in [-0.3, -0.25) is 9.59 Å². The van der Waals surface area contributed by atoms with Gasteiger partial charge >= 0.3 is 0 Å². The Morgan fingerprint density at radius 1 is 1.17 bits per heavy atom. The summed E-state index contributed by atoms with van der Waals surface area (Å²) in [6.07, 6.45) is 0. The Kier molecular flexibility index (Phi) is 4.66. The number of piperazine rings is 1. The highest BCUT2D eigenvalue weighted by molar-refractivity contribution is 6.00. The van der Waals surface area contributed by atoms with Gasteiger partial charge in [0.1, 0.15) is 18.9 Å². The molecule has 3 rings (SSSR count). The van der Waals surface area contributed by atoms with Crippen LogP contribution in [0.5, 0.6) is 0 Å². The van der Waals surface area contributed by atoms with Crippen LogP contribution >= 0.6 is 0 Å². The number of hydrogen-bond acceptors (Lipinski definition) is 4. The van der Waals surface area contributed by atoms with Crippen LogP contribution in [0, 0.1) is 6.92 Å². The van der Waals surface area contributed by atoms with Gasteiger partial charge in [-0.25, -0.2) is 0 Å². The fourth-order valence-corrected chi connectivity index (χ4v) is 2.71. The van der Waals surface area contributed by atoms with E-state index in [9.17, 15) is 9.59 Å². The average Bonchev–Trinajstić information content (AvgIpc) is 3.04. The first-order chi connectivity index (χ1) is 11.6. The molecule has 0 N–H and O–H groups in total. The van der Waals surface area contributed by atoms with E-state index in [0.717, 1.165) is 11.3 Å². The first-order valence-corrected chi connectivity index (χ1v) is 7.82. The maximum atomic E-state index is 12.5. The molecule has 0 bridgehead atoms. The van der Waals surface area contributed by atoms with Crippen LogP contribution in [0.25, 0.3) is 0 Å². The number of anilines is 1. The predicted molar refractivity (Wildman–Crippen MR) is 88.9 cm³/mol. The summed E-state index contributed by atoms with van der Waals surface area (Å²) in [5, 5.41) is 0. The molecule has 6 nitrogen and oxygen atoms in total. The molecule has 2 heterocycles. The maximum absolute atomic E-state index is 12.5. The summed E-state index contributed by atoms with van der Waals surface area (Å²) in [4.78, 5) is 28.1. The third-order valence-electron chi connectivity index (χ3n) is 4.01. The van der Waals surface area contributed by atoms with Gasteiger partial charge in [0.15, 0.2) is 5.76 Å². The minimum Gasteiger partial charge on any atom is -0.453 e. The molecule has 1 aliphatic heterocycles. The lowest BCUT2D eigenvalue weighted by Gasteiger charge is -2.34. The number of ether oxygens (including phenoxy) is 1. The molecule has 0 spiro atoms. The first kappa shape index (κ1) is 16.3. The molecular formula is C18H20N2O4. The van der Waals surface area contributed by atoms with E-state index in [0.29, 0.717) is 25.5 Å². The summed E-state index contributed by atoms with van der Waals surface area (Å²) in [5.41, 5.74) is 2.00. The zero-order chi connectivity index (χ0) is 17.1. The summed E-state index contributed by atoms with van der Waals surface area (Å²) in [5.74, 6) is 0.459. The van der Waals surface area contributed by atoms with E-state index in [-0.39, 0.29) is 24.1 Å². The van der Waals surface area contributed by atoms with E-state index in [2.05, 4.69) is 0 Å². The number of aryl methyl sites for hydroxylation is 1. The van der Waals surface area contributed by atoms with Crippen molar-refractivity contribution in [2.24, 2.45) is 0 Å². The minimum absolute atomic E-state index is 0.0486. The smallest absolute Gasteiger partial charge is 0.290 e. The van der Waals surface area contributed by atoms with Gasteiger partial charge in [0.25, 0.3) is 5.91 Å². The highest BCUT2D eigenvalue weighted by Crippen LogP contribution is 2.19. The molecule has 1 aliphatic rings. The van der Waals surface area contributed by atoms with Crippen molar-refractivity contribution in [1.82, 2.24) is 4.90 Å². The number of carbonyl (C=O) groups excluding carboxylic acids is 2. The number of methoxy groups -OCH3 is 1. The maximum Gasteiger partial charge on any atom is 0.290 e. The Morgan fingerprint density at radius 3 is 2.58 bits per heavy atom. The Balaban J connectivity index is 1.67. The fourth-order valence-electron chi connectivity index (χ4n) is 2.71. The molecular weight excluding hydrogens is 308 g/mol. The zero-order valence-electron chi connectivity index (χ0n) is 13.8. The van der Waals surface area contributed by atoms with E-state index < -0.39 is 0 Å². The standard InChI is InChI=1S/C18H20N2O4/c1-13-3-5-14(6-4-13)20-10-9-19(11-17(20)21)18(22)16-8-7-15(24-16)12-23-2/h3-8H,9-12H2,1-2H3. The van der Waals surface area contributed by atoms with E-state index in [4.69, 9.17) is 9.15 Å². The summed E-state index contributed by atoms with van der Waals surface area (Å²) in [6, 6.07) is 11.1. The highest BCUT2D eigenvalue weighted by Gasteiger charge is 2.29. The van der Waals surface area contributed by atoms with Crippen LogP contribution in [-0.2, 0) is 16.1 Å². The van der Waals surface area contributed by atoms with Crippen molar-refractivity contribution >= 4 is 17.5 Å². The van der Waals surface area contributed by atoms with Gasteiger partial charge in [0, 0.05) is 25.9 Å². The molecule has 1 aromatic carbocycles. The van der Waals surface area contributed by atoms with Crippen molar-refractivity contribution in [3.05, 3.63) is 53.5 Å². The predicted octanol–water partition coefficient (Wildman–Crippen LogP) is 2.22. The molecule has 0 unspecified atom stereocenters. The van der Waals surface area contributed by atoms with Gasteiger partial charge in [0.2, 0.25) is 5.91 Å². The average molecular weight is 328 g/mol. The van der Waals surface area contributed by atoms with Crippen molar-refractivity contribution in [2.75, 3.05) is 31.6 Å². The number of carbonyl (C=O) groups is 2. The minimum atomic E-state index is -0.269. The largest absolute Gasteiger partial charge is 0.453 e. The molecule has 2 aromatic rings. The van der Waals surface area contributed by atoms with Crippen LogP contribution in [0.3, 0.4) is 0 Å². The molecule has 1 saturated heterocycles. The van der Waals surface area contributed by atoms with Crippen molar-refractivity contribution in [2.45, 2.75) is 13.5 Å². The molecule has 24 heavy (non-hydrogen) atoms. The Hall–Kier alpha value is -2.60. The molecule has 2 amide bonds. The molecule has 1 fully saturated rings. The zero-order valence-corrected chi connectivity index (χ0v) is 13.8. The third kappa shape index (κ3) is 3.33. The monoisotopic (exact) mass is 328 g/mol. The lowest BCUT2D eigenvalue weighted by atomic mass is 10.2. The molecule has 0 saturated carbocycles. The Bertz CT molecular complexity index is 736. The summed E-state index contributed by atoms with van der Waals surface area (Å²) in [6.45, 7) is 3.31. The lowest BCUT2D eigenvalue weighted by Crippen LogP contribution is -2.52. The Labute approximate surface area is 140 Å². The summed E-state index contributed by atoms with van der Waals surface area (Å²) < 4.78 is 10.4. The lowest BCUT2D eigenvalue weighted by molar-refractivity contribution is -0.120. The number of furan rings is 1. The molecule has 1 aromatic heterocycles. The van der Waals surface area contributed by atoms with Crippen molar-refractivity contribution in [3.8, 4) is 0 Å². The van der Waals surface area contributed by atoms with Crippen molar-refractivity contribution < 1.29 is 18.7 Å². The number of benzene rings is 1. The molecule has 0 atom stereocenters. The van der Waals surface area contributed by atoms with Crippen molar-refractivity contribution in [3.63, 3.8) is 0 Å². The second-order valence-corrected chi connectivity index (χ2v) is 5.81. The number of rotatable bonds is 4. The third-order valence-corrected chi connectivity index (χ3v) is 4.01. The van der Waals surface area contributed by atoms with Crippen LogP contribution in [0.2, 0.25) is 0 Å². The number of amides is 2. The number of nitrogens with zero attached hydrogens (tertiary/aromatic N) is 2. The van der Waals surface area contributed by atoms with E-state index >= 15 is 0 Å². The number of hydrogen-bond donors (Lipinski definition) is 0. The van der Waals surface area contributed by atoms with E-state index in [1.54, 1.807) is 24.1 Å².